The predicted molar refractivity (Wildman–Crippen MR) is 270 cm³/mol. The van der Waals surface area contributed by atoms with Gasteiger partial charge in [-0.3, -0.25) is 38.0 Å². The quantitative estimate of drug-likeness (QED) is 0.0371. The molecule has 2 aromatic carbocycles. The molecule has 0 bridgehead atoms. The first kappa shape index (κ1) is 58.5. The number of hydrogen-bond donors (Lipinski definition) is 8. The van der Waals surface area contributed by atoms with Gasteiger partial charge < -0.3 is 47.9 Å². The number of benzene rings is 2. The molecule has 1 aliphatic heterocycles. The molecule has 0 aromatic heterocycles. The molecule has 19 nitrogen and oxygen atoms in total. The molecule has 20 heteroatoms. The fourth-order valence-electron chi connectivity index (χ4n) is 7.69. The number of carbonyl (C=O) groups is 7. The second-order valence-corrected chi connectivity index (χ2v) is 19.2. The molecule has 386 valence electrons. The van der Waals surface area contributed by atoms with Gasteiger partial charge in [0, 0.05) is 49.0 Å². The van der Waals surface area contributed by atoms with Crippen molar-refractivity contribution < 1.29 is 47.6 Å². The summed E-state index contributed by atoms with van der Waals surface area (Å²) < 4.78 is 19.2. The van der Waals surface area contributed by atoms with Crippen LogP contribution in [0.5, 0.6) is 0 Å². The largest absolute Gasteiger partial charge is 0.480 e. The van der Waals surface area contributed by atoms with E-state index in [1.54, 1.807) is 67.6 Å². The SMILES string of the molecule is CCCCCC(CCCC)OC(=O)C(C[C@H](NC(=O)C(N)CC)C(=O)N[C@@H](CC1C=NC=N1)C(=O)N[C@@H](Cc1ccccc1)C(=O)N[C@H](CCCCN)C(=O)N[C@@H](Cc1ccccc1)C(=O)O)S(C)=O. The van der Waals surface area contributed by atoms with E-state index >= 15 is 0 Å². The summed E-state index contributed by atoms with van der Waals surface area (Å²) in [6, 6.07) is 8.93. The summed E-state index contributed by atoms with van der Waals surface area (Å²) in [5.74, 6) is -6.04. The molecule has 3 rings (SSSR count). The number of nitrogens with zero attached hydrogens (tertiary/aromatic N) is 2. The monoisotopic (exact) mass is 994 g/mol. The standard InChI is InChI=1S/C50H75N9O10S/c1-5-8-12-24-36(23-9-6-2)69-50(67)43(70(4)68)30-41(56-44(60)37(52)7-3)48(64)58-40(29-35-31-53-32-54-35)47(63)57-39(27-33-19-13-10-14-20-33)46(62)55-38(25-17-18-26-51)45(61)59-42(49(65)66)28-34-21-15-11-16-22-34/h10-11,13-16,19-22,31-32,35-43H,5-9,12,17-18,23-30,51-52H2,1-4H3,(H,55,62)(H,56,60)(H,57,63)(H,58,64)(H,59,61)(H,65,66)/t35?,36?,37?,38-,39+,40+,41+,42+,43?,70?/m1/s1. The van der Waals surface area contributed by atoms with Crippen LogP contribution in [0.4, 0.5) is 0 Å². The molecule has 70 heavy (non-hydrogen) atoms. The van der Waals surface area contributed by atoms with Crippen molar-refractivity contribution in [1.82, 2.24) is 26.6 Å². The lowest BCUT2D eigenvalue weighted by molar-refractivity contribution is -0.150. The van der Waals surface area contributed by atoms with Crippen LogP contribution in [0, 0.1) is 0 Å². The minimum Gasteiger partial charge on any atom is -0.480 e. The summed E-state index contributed by atoms with van der Waals surface area (Å²) in [4.78, 5) is 105. The van der Waals surface area contributed by atoms with E-state index in [0.29, 0.717) is 43.4 Å². The molecule has 0 saturated carbocycles. The highest BCUT2D eigenvalue weighted by Gasteiger charge is 2.37. The number of nitrogens with two attached hydrogens (primary N) is 2. The maximum absolute atomic E-state index is 14.6. The molecule has 0 radical (unpaired) electrons. The van der Waals surface area contributed by atoms with Crippen LogP contribution in [0.1, 0.15) is 115 Å². The number of carboxylic acids is 1. The third-order valence-electron chi connectivity index (χ3n) is 11.9. The second kappa shape index (κ2) is 32.1. The van der Waals surface area contributed by atoms with E-state index in [1.807, 2.05) is 6.92 Å². The Bertz CT molecular complexity index is 2050. The van der Waals surface area contributed by atoms with Gasteiger partial charge in [-0.05, 0) is 62.6 Å². The van der Waals surface area contributed by atoms with E-state index < -0.39 is 112 Å². The summed E-state index contributed by atoms with van der Waals surface area (Å²) in [6.07, 6.45) is 9.79. The van der Waals surface area contributed by atoms with Crippen molar-refractivity contribution in [2.45, 2.75) is 171 Å². The number of unbranched alkanes of at least 4 members (excludes halogenated alkanes) is 4. The fraction of sp³-hybridized carbons (Fsp3) is 0.580. The maximum atomic E-state index is 14.6. The Morgan fingerprint density at radius 1 is 0.671 bits per heavy atom. The van der Waals surface area contributed by atoms with E-state index in [2.05, 4.69) is 43.5 Å². The number of aliphatic imine (C=N–C) groups is 2. The molecule has 5 unspecified atom stereocenters. The normalized spacial score (nSPS) is 16.8. The number of rotatable bonds is 34. The highest BCUT2D eigenvalue weighted by atomic mass is 32.2. The molecule has 0 aliphatic carbocycles. The van der Waals surface area contributed by atoms with Crippen molar-refractivity contribution in [3.8, 4) is 0 Å². The van der Waals surface area contributed by atoms with Crippen LogP contribution in [0.3, 0.4) is 0 Å². The molecule has 0 spiro atoms. The lowest BCUT2D eigenvalue weighted by atomic mass is 10.0. The third kappa shape index (κ3) is 21.0. The first-order chi connectivity index (χ1) is 33.6. The van der Waals surface area contributed by atoms with Gasteiger partial charge in [-0.1, -0.05) is 107 Å². The predicted octanol–water partition coefficient (Wildman–Crippen LogP) is 2.54. The van der Waals surface area contributed by atoms with Gasteiger partial charge >= 0.3 is 11.9 Å². The zero-order valence-electron chi connectivity index (χ0n) is 41.0. The van der Waals surface area contributed by atoms with Crippen molar-refractivity contribution >= 4 is 64.8 Å². The lowest BCUT2D eigenvalue weighted by Crippen LogP contribution is -2.60. The van der Waals surface area contributed by atoms with Gasteiger partial charge in [-0.25, -0.2) is 9.79 Å². The van der Waals surface area contributed by atoms with Gasteiger partial charge in [0.05, 0.1) is 12.1 Å². The Morgan fingerprint density at radius 3 is 1.74 bits per heavy atom. The number of ether oxygens (including phenoxy) is 1. The molecule has 10 N–H and O–H groups in total. The Morgan fingerprint density at radius 2 is 1.19 bits per heavy atom. The van der Waals surface area contributed by atoms with Gasteiger partial charge in [0.25, 0.3) is 0 Å². The molecule has 1 aliphatic rings. The van der Waals surface area contributed by atoms with E-state index in [1.165, 1.54) is 18.8 Å². The number of nitrogens with one attached hydrogen (secondary N) is 5. The summed E-state index contributed by atoms with van der Waals surface area (Å²) >= 11 is 0. The molecule has 2 aromatic rings. The molecule has 5 amide bonds. The van der Waals surface area contributed by atoms with Crippen LogP contribution in [0.15, 0.2) is 70.6 Å². The van der Waals surface area contributed by atoms with Crippen LogP contribution in [-0.2, 0) is 61.9 Å². The summed E-state index contributed by atoms with van der Waals surface area (Å²) in [5.41, 5.74) is 13.1. The van der Waals surface area contributed by atoms with Crippen molar-refractivity contribution in [2.75, 3.05) is 12.8 Å². The summed E-state index contributed by atoms with van der Waals surface area (Å²) in [5, 5.41) is 22.0. The third-order valence-corrected chi connectivity index (χ3v) is 13.1. The molecule has 0 fully saturated rings. The lowest BCUT2D eigenvalue weighted by Gasteiger charge is -2.28. The van der Waals surface area contributed by atoms with Crippen LogP contribution < -0.4 is 38.1 Å². The van der Waals surface area contributed by atoms with Gasteiger partial charge in [0.15, 0.2) is 0 Å². The first-order valence-corrected chi connectivity index (χ1v) is 26.1. The van der Waals surface area contributed by atoms with Crippen LogP contribution in [0.25, 0.3) is 0 Å². The topological polar surface area (TPSA) is 303 Å². The van der Waals surface area contributed by atoms with E-state index in [9.17, 15) is 42.9 Å². The van der Waals surface area contributed by atoms with Crippen LogP contribution >= 0.6 is 0 Å². The zero-order chi connectivity index (χ0) is 51.4. The van der Waals surface area contributed by atoms with E-state index in [-0.39, 0.29) is 32.1 Å². The fourth-order valence-corrected chi connectivity index (χ4v) is 8.48. The van der Waals surface area contributed by atoms with Gasteiger partial charge in [-0.15, -0.1) is 0 Å². The average molecular weight is 994 g/mol. The average Bonchev–Trinajstić information content (AvgIpc) is 3.86. The number of amides is 5. The number of carbonyl (C=O) groups excluding carboxylic acids is 6. The minimum absolute atomic E-state index is 0.0173. The number of carboxylic acid groups (broad SMARTS) is 1. The highest BCUT2D eigenvalue weighted by molar-refractivity contribution is 7.85. The zero-order valence-corrected chi connectivity index (χ0v) is 41.8. The molecule has 0 saturated heterocycles. The Labute approximate surface area is 414 Å². The molecule has 10 atom stereocenters. The first-order valence-electron chi connectivity index (χ1n) is 24.5. The Kier molecular flexibility index (Phi) is 26.8. The Hall–Kier alpha value is -5.86. The second-order valence-electron chi connectivity index (χ2n) is 17.6. The van der Waals surface area contributed by atoms with Crippen LogP contribution in [-0.4, -0.2) is 130 Å². The van der Waals surface area contributed by atoms with Gasteiger partial charge in [-0.2, -0.15) is 0 Å². The van der Waals surface area contributed by atoms with E-state index in [4.69, 9.17) is 16.2 Å². The Balaban J connectivity index is 1.97. The van der Waals surface area contributed by atoms with Crippen molar-refractivity contribution in [3.63, 3.8) is 0 Å². The van der Waals surface area contributed by atoms with Crippen molar-refractivity contribution in [2.24, 2.45) is 21.5 Å². The maximum Gasteiger partial charge on any atom is 0.326 e. The smallest absolute Gasteiger partial charge is 0.326 e. The highest BCUT2D eigenvalue weighted by Crippen LogP contribution is 2.18. The summed E-state index contributed by atoms with van der Waals surface area (Å²) in [6.45, 7) is 6.07. The minimum atomic E-state index is -1.87. The van der Waals surface area contributed by atoms with Crippen LogP contribution in [0.2, 0.25) is 0 Å². The van der Waals surface area contributed by atoms with E-state index in [0.717, 1.165) is 32.1 Å². The van der Waals surface area contributed by atoms with Gasteiger partial charge in [0.1, 0.15) is 47.9 Å². The number of aliphatic carboxylic acids is 1. The summed E-state index contributed by atoms with van der Waals surface area (Å²) in [7, 11) is -1.87. The number of hydrogen-bond acceptors (Lipinski definition) is 13. The van der Waals surface area contributed by atoms with Crippen molar-refractivity contribution in [1.29, 1.82) is 0 Å². The molecular weight excluding hydrogens is 919 g/mol. The number of esters is 1. The van der Waals surface area contributed by atoms with Crippen molar-refractivity contribution in [3.05, 3.63) is 71.8 Å². The van der Waals surface area contributed by atoms with Gasteiger partial charge in [0.2, 0.25) is 29.5 Å². The molecular formula is C50H75N9O10S. The molecule has 1 heterocycles.